The summed E-state index contributed by atoms with van der Waals surface area (Å²) < 4.78 is 28.1. The molecule has 2 unspecified atom stereocenters. The van der Waals surface area contributed by atoms with Gasteiger partial charge >= 0.3 is 0 Å². The van der Waals surface area contributed by atoms with E-state index in [0.29, 0.717) is 25.9 Å². The number of carbonyl (C=O) groups is 2. The Hall–Kier alpha value is -1.27. The van der Waals surface area contributed by atoms with Crippen molar-refractivity contribution < 1.29 is 23.1 Å². The number of nitrogens with zero attached hydrogens (tertiary/aromatic N) is 2. The number of nitrogens with one attached hydrogen (secondary N) is 1. The molecular formula is C18H24BrN3O5S2. The fourth-order valence-electron chi connectivity index (χ4n) is 3.63. The maximum absolute atomic E-state index is 12.7. The molecule has 2 atom stereocenters. The van der Waals surface area contributed by atoms with Gasteiger partial charge in [-0.1, -0.05) is 0 Å². The van der Waals surface area contributed by atoms with Gasteiger partial charge in [-0.15, -0.1) is 11.3 Å². The maximum Gasteiger partial charge on any atom is 0.242 e. The van der Waals surface area contributed by atoms with Gasteiger partial charge in [-0.05, 0) is 59.8 Å². The molecule has 29 heavy (non-hydrogen) atoms. The zero-order chi connectivity index (χ0) is 21.0. The molecule has 0 spiro atoms. The van der Waals surface area contributed by atoms with E-state index in [-0.39, 0.29) is 31.0 Å². The SMILES string of the molecule is O=C1C(NS(=O)(=O)/C=C/c2ccc(Br)s2)CCCN1CC(=O)N1CCCC1CO. The molecule has 2 N–H and O–H groups in total. The van der Waals surface area contributed by atoms with Crippen LogP contribution in [0.15, 0.2) is 21.3 Å². The van der Waals surface area contributed by atoms with Crippen molar-refractivity contribution in [2.24, 2.45) is 0 Å². The van der Waals surface area contributed by atoms with Crippen LogP contribution >= 0.6 is 27.3 Å². The predicted molar refractivity (Wildman–Crippen MR) is 115 cm³/mol. The molecule has 160 valence electrons. The van der Waals surface area contributed by atoms with Gasteiger partial charge in [0.2, 0.25) is 21.8 Å². The largest absolute Gasteiger partial charge is 0.394 e. The van der Waals surface area contributed by atoms with Gasteiger partial charge in [0, 0.05) is 23.4 Å². The van der Waals surface area contributed by atoms with Crippen molar-refractivity contribution in [1.29, 1.82) is 0 Å². The van der Waals surface area contributed by atoms with Crippen molar-refractivity contribution >= 4 is 55.2 Å². The fraction of sp³-hybridized carbons (Fsp3) is 0.556. The first-order valence-corrected chi connectivity index (χ1v) is 12.6. The second-order valence-corrected chi connectivity index (χ2v) is 11.2. The highest BCUT2D eigenvalue weighted by Gasteiger charge is 2.35. The molecule has 2 saturated heterocycles. The van der Waals surface area contributed by atoms with E-state index in [1.54, 1.807) is 11.0 Å². The zero-order valence-corrected chi connectivity index (χ0v) is 19.0. The number of thiophene rings is 1. The van der Waals surface area contributed by atoms with Crippen LogP contribution in [0, 0.1) is 0 Å². The van der Waals surface area contributed by atoms with Crippen molar-refractivity contribution in [3.63, 3.8) is 0 Å². The van der Waals surface area contributed by atoms with Crippen LogP contribution in [0.1, 0.15) is 30.6 Å². The van der Waals surface area contributed by atoms with Crippen LogP contribution in [0.5, 0.6) is 0 Å². The van der Waals surface area contributed by atoms with E-state index in [2.05, 4.69) is 20.7 Å². The molecule has 0 radical (unpaired) electrons. The number of rotatable bonds is 7. The van der Waals surface area contributed by atoms with Crippen LogP contribution < -0.4 is 4.72 Å². The molecule has 0 saturated carbocycles. The number of carbonyl (C=O) groups excluding carboxylic acids is 2. The van der Waals surface area contributed by atoms with Gasteiger partial charge in [0.25, 0.3) is 0 Å². The Bertz CT molecular complexity index is 886. The van der Waals surface area contributed by atoms with E-state index < -0.39 is 16.1 Å². The van der Waals surface area contributed by atoms with E-state index in [1.807, 2.05) is 6.07 Å². The number of aliphatic hydroxyl groups excluding tert-OH is 1. The second kappa shape index (κ2) is 9.69. The lowest BCUT2D eigenvalue weighted by molar-refractivity contribution is -0.143. The number of piperidine rings is 1. The number of halogens is 1. The number of hydrogen-bond donors (Lipinski definition) is 2. The highest BCUT2D eigenvalue weighted by Crippen LogP contribution is 2.23. The van der Waals surface area contributed by atoms with Crippen LogP contribution in [-0.4, -0.2) is 73.5 Å². The summed E-state index contributed by atoms with van der Waals surface area (Å²) in [5.41, 5.74) is 0. The van der Waals surface area contributed by atoms with Gasteiger partial charge < -0.3 is 14.9 Å². The minimum atomic E-state index is -3.80. The lowest BCUT2D eigenvalue weighted by Crippen LogP contribution is -2.54. The van der Waals surface area contributed by atoms with E-state index in [0.717, 1.165) is 26.9 Å². The molecule has 0 bridgehead atoms. The Morgan fingerprint density at radius 2 is 2.07 bits per heavy atom. The molecule has 3 heterocycles. The first kappa shape index (κ1) is 22.4. The van der Waals surface area contributed by atoms with Crippen molar-refractivity contribution in [1.82, 2.24) is 14.5 Å². The summed E-state index contributed by atoms with van der Waals surface area (Å²) in [5, 5.41) is 10.4. The third kappa shape index (κ3) is 5.88. The summed E-state index contributed by atoms with van der Waals surface area (Å²) in [6, 6.07) is 2.54. The molecule has 1 aromatic rings. The maximum atomic E-state index is 12.7. The average molecular weight is 506 g/mol. The zero-order valence-electron chi connectivity index (χ0n) is 15.8. The normalized spacial score (nSPS) is 23.3. The Balaban J connectivity index is 1.60. The van der Waals surface area contributed by atoms with Gasteiger partial charge in [-0.3, -0.25) is 9.59 Å². The summed E-state index contributed by atoms with van der Waals surface area (Å²) in [4.78, 5) is 29.1. The molecule has 0 aromatic carbocycles. The molecule has 0 aliphatic carbocycles. The van der Waals surface area contributed by atoms with Gasteiger partial charge in [0.15, 0.2) is 0 Å². The van der Waals surface area contributed by atoms with E-state index in [9.17, 15) is 23.1 Å². The van der Waals surface area contributed by atoms with Crippen molar-refractivity contribution in [2.45, 2.75) is 37.8 Å². The quantitative estimate of drug-likeness (QED) is 0.581. The van der Waals surface area contributed by atoms with Crippen LogP contribution in [0.4, 0.5) is 0 Å². The number of hydrogen-bond acceptors (Lipinski definition) is 6. The Labute approximate surface area is 182 Å². The Morgan fingerprint density at radius 1 is 1.31 bits per heavy atom. The summed E-state index contributed by atoms with van der Waals surface area (Å²) in [6.07, 6.45) is 4.07. The first-order valence-electron chi connectivity index (χ1n) is 9.44. The molecule has 2 aliphatic rings. The van der Waals surface area contributed by atoms with Crippen LogP contribution in [0.3, 0.4) is 0 Å². The highest BCUT2D eigenvalue weighted by atomic mass is 79.9. The second-order valence-electron chi connectivity index (χ2n) is 7.13. The topological polar surface area (TPSA) is 107 Å². The third-order valence-corrected chi connectivity index (χ3v) is 7.77. The van der Waals surface area contributed by atoms with Crippen molar-refractivity contribution in [3.8, 4) is 0 Å². The van der Waals surface area contributed by atoms with Crippen molar-refractivity contribution in [2.75, 3.05) is 26.2 Å². The molecule has 1 aromatic heterocycles. The summed E-state index contributed by atoms with van der Waals surface area (Å²) in [7, 11) is -3.80. The molecule has 2 aliphatic heterocycles. The van der Waals surface area contributed by atoms with E-state index >= 15 is 0 Å². The van der Waals surface area contributed by atoms with E-state index in [1.165, 1.54) is 22.3 Å². The summed E-state index contributed by atoms with van der Waals surface area (Å²) >= 11 is 4.72. The molecular weight excluding hydrogens is 482 g/mol. The van der Waals surface area contributed by atoms with Gasteiger partial charge in [-0.25, -0.2) is 8.42 Å². The van der Waals surface area contributed by atoms with Crippen molar-refractivity contribution in [3.05, 3.63) is 26.2 Å². The molecule has 3 rings (SSSR count). The predicted octanol–water partition coefficient (Wildman–Crippen LogP) is 1.37. The average Bonchev–Trinajstić information content (AvgIpc) is 3.32. The lowest BCUT2D eigenvalue weighted by Gasteiger charge is -2.33. The fourth-order valence-corrected chi connectivity index (χ4v) is 6.06. The van der Waals surface area contributed by atoms with Gasteiger partial charge in [0.05, 0.1) is 23.0 Å². The highest BCUT2D eigenvalue weighted by molar-refractivity contribution is 9.11. The molecule has 2 amide bonds. The smallest absolute Gasteiger partial charge is 0.242 e. The van der Waals surface area contributed by atoms with Gasteiger partial charge in [-0.2, -0.15) is 4.72 Å². The lowest BCUT2D eigenvalue weighted by atomic mass is 10.1. The molecule has 2 fully saturated rings. The van der Waals surface area contributed by atoms with Crippen LogP contribution in [-0.2, 0) is 19.6 Å². The standard InChI is InChI=1S/C18H24BrN3O5S2/c19-16-6-5-14(28-16)7-10-29(26,27)20-15-4-2-8-21(18(15)25)11-17(24)22-9-1-3-13(22)12-23/h5-7,10,13,15,20,23H,1-4,8-9,11-12H2/b10-7+. The number of amides is 2. The van der Waals surface area contributed by atoms with Crippen LogP contribution in [0.25, 0.3) is 6.08 Å². The number of sulfonamides is 1. The first-order chi connectivity index (χ1) is 13.8. The minimum Gasteiger partial charge on any atom is -0.394 e. The number of aliphatic hydroxyl groups is 1. The Morgan fingerprint density at radius 3 is 2.76 bits per heavy atom. The monoisotopic (exact) mass is 505 g/mol. The van der Waals surface area contributed by atoms with Gasteiger partial charge in [0.1, 0.15) is 6.04 Å². The Kier molecular flexibility index (Phi) is 7.49. The minimum absolute atomic E-state index is 0.0880. The third-order valence-electron chi connectivity index (χ3n) is 5.08. The molecule has 8 nitrogen and oxygen atoms in total. The summed E-state index contributed by atoms with van der Waals surface area (Å²) in [6.45, 7) is 0.813. The van der Waals surface area contributed by atoms with Crippen LogP contribution in [0.2, 0.25) is 0 Å². The summed E-state index contributed by atoms with van der Waals surface area (Å²) in [5.74, 6) is -0.596. The number of likely N-dealkylation sites (tertiary alicyclic amines) is 2. The van der Waals surface area contributed by atoms with E-state index in [4.69, 9.17) is 0 Å². The molecule has 11 heteroatoms.